The zero-order valence-corrected chi connectivity index (χ0v) is 15.8. The van der Waals surface area contributed by atoms with E-state index in [0.717, 1.165) is 21.9 Å². The Kier molecular flexibility index (Phi) is 5.01. The molecule has 2 unspecified atom stereocenters. The highest BCUT2D eigenvalue weighted by molar-refractivity contribution is 8.13. The lowest BCUT2D eigenvalue weighted by molar-refractivity contribution is -0.384. The van der Waals surface area contributed by atoms with E-state index in [1.165, 1.54) is 12.1 Å². The number of nitrogens with one attached hydrogen (secondary N) is 1. The molecular formula is C20H16ClN3O2S. The Morgan fingerprint density at radius 1 is 1.19 bits per heavy atom. The third-order valence-corrected chi connectivity index (χ3v) is 5.76. The fourth-order valence-electron chi connectivity index (χ4n) is 3.04. The van der Waals surface area contributed by atoms with Crippen LogP contribution in [0.25, 0.3) is 0 Å². The summed E-state index contributed by atoms with van der Waals surface area (Å²) in [5.74, 6) is 0.676. The monoisotopic (exact) mass is 397 g/mol. The standard InChI is InChI=1S/C20H16ClN3O2S/c21-14-7-10-18-19(11-14)23-20(16-3-1-2-4-17(16)22-18)27-12-13-5-8-15(9-6-13)24(25)26/h1-11,18-19,22H,12H2. The molecule has 0 radical (unpaired) electrons. The van der Waals surface area contributed by atoms with Gasteiger partial charge >= 0.3 is 0 Å². The molecule has 0 fully saturated rings. The number of nitro benzene ring substituents is 1. The fourth-order valence-corrected chi connectivity index (χ4v) is 4.27. The predicted octanol–water partition coefficient (Wildman–Crippen LogP) is 5.13. The SMILES string of the molecule is O=[N+]([O-])c1ccc(CSC2=NC3C=C(Cl)C=CC3Nc3ccccc32)cc1. The second-order valence-corrected chi connectivity index (χ2v) is 7.66. The molecule has 0 bridgehead atoms. The van der Waals surface area contributed by atoms with Crippen LogP contribution in [0.1, 0.15) is 11.1 Å². The summed E-state index contributed by atoms with van der Waals surface area (Å²) < 4.78 is 0. The summed E-state index contributed by atoms with van der Waals surface area (Å²) in [6.45, 7) is 0. The summed E-state index contributed by atoms with van der Waals surface area (Å²) in [5.41, 5.74) is 3.20. The molecule has 136 valence electrons. The number of halogens is 1. The van der Waals surface area contributed by atoms with Gasteiger partial charge in [-0.05, 0) is 23.8 Å². The number of thioether (sulfide) groups is 1. The van der Waals surface area contributed by atoms with Gasteiger partial charge in [0.05, 0.1) is 17.0 Å². The quantitative estimate of drug-likeness (QED) is 0.575. The van der Waals surface area contributed by atoms with Crippen LogP contribution >= 0.6 is 23.4 Å². The number of aliphatic imine (C=N–C) groups is 1. The van der Waals surface area contributed by atoms with Crippen LogP contribution in [-0.2, 0) is 5.75 Å². The van der Waals surface area contributed by atoms with Crippen molar-refractivity contribution in [2.45, 2.75) is 17.8 Å². The smallest absolute Gasteiger partial charge is 0.269 e. The highest BCUT2D eigenvalue weighted by atomic mass is 35.5. The van der Waals surface area contributed by atoms with E-state index in [2.05, 4.69) is 11.4 Å². The first-order chi connectivity index (χ1) is 13.1. The van der Waals surface area contributed by atoms with E-state index in [0.29, 0.717) is 10.8 Å². The maximum atomic E-state index is 10.8. The molecule has 0 saturated carbocycles. The molecule has 1 heterocycles. The van der Waals surface area contributed by atoms with Gasteiger partial charge in [-0.15, -0.1) is 11.8 Å². The lowest BCUT2D eigenvalue weighted by atomic mass is 10.0. The predicted molar refractivity (Wildman–Crippen MR) is 112 cm³/mol. The molecule has 0 aromatic heterocycles. The molecule has 4 rings (SSSR count). The summed E-state index contributed by atoms with van der Waals surface area (Å²) >= 11 is 7.80. The number of hydrogen-bond donors (Lipinski definition) is 1. The van der Waals surface area contributed by atoms with E-state index in [1.807, 2.05) is 36.4 Å². The van der Waals surface area contributed by atoms with Gasteiger partial charge in [0.2, 0.25) is 0 Å². The minimum absolute atomic E-state index is 0.0612. The molecule has 0 spiro atoms. The number of benzene rings is 2. The van der Waals surface area contributed by atoms with Gasteiger partial charge in [0.15, 0.2) is 0 Å². The van der Waals surface area contributed by atoms with Crippen molar-refractivity contribution in [3.63, 3.8) is 0 Å². The minimum atomic E-state index is -0.388. The molecule has 2 aliphatic rings. The maximum absolute atomic E-state index is 10.8. The lowest BCUT2D eigenvalue weighted by Crippen LogP contribution is -2.30. The number of allylic oxidation sites excluding steroid dienone is 2. The van der Waals surface area contributed by atoms with Crippen molar-refractivity contribution in [3.05, 3.63) is 93.0 Å². The molecule has 0 amide bonds. The summed E-state index contributed by atoms with van der Waals surface area (Å²) in [4.78, 5) is 15.4. The zero-order chi connectivity index (χ0) is 18.8. The van der Waals surface area contributed by atoms with Crippen molar-refractivity contribution in [1.29, 1.82) is 0 Å². The van der Waals surface area contributed by atoms with Gasteiger partial charge in [-0.3, -0.25) is 15.1 Å². The van der Waals surface area contributed by atoms with Crippen LogP contribution in [0.5, 0.6) is 0 Å². The Bertz CT molecular complexity index is 969. The van der Waals surface area contributed by atoms with Crippen LogP contribution in [0.3, 0.4) is 0 Å². The van der Waals surface area contributed by atoms with Gasteiger partial charge in [-0.1, -0.05) is 48.0 Å². The average molecular weight is 398 g/mol. The van der Waals surface area contributed by atoms with Crippen LogP contribution in [0.2, 0.25) is 0 Å². The number of nitro groups is 1. The Morgan fingerprint density at radius 2 is 1.96 bits per heavy atom. The Balaban J connectivity index is 1.61. The van der Waals surface area contributed by atoms with Gasteiger partial charge in [0, 0.05) is 34.2 Å². The first kappa shape index (κ1) is 17.8. The highest BCUT2D eigenvalue weighted by Gasteiger charge is 2.26. The van der Waals surface area contributed by atoms with Crippen molar-refractivity contribution >= 4 is 39.8 Å². The van der Waals surface area contributed by atoms with Crippen molar-refractivity contribution in [2.24, 2.45) is 4.99 Å². The largest absolute Gasteiger partial charge is 0.376 e. The molecule has 1 aliphatic heterocycles. The number of fused-ring (bicyclic) bond motifs is 2. The third kappa shape index (κ3) is 3.91. The fraction of sp³-hybridized carbons (Fsp3) is 0.150. The number of rotatable bonds is 3. The normalized spacial score (nSPS) is 20.5. The third-order valence-electron chi connectivity index (χ3n) is 4.43. The Labute approximate surface area is 166 Å². The molecule has 0 saturated heterocycles. The lowest BCUT2D eigenvalue weighted by Gasteiger charge is -2.22. The molecule has 1 N–H and O–H groups in total. The van der Waals surface area contributed by atoms with Crippen molar-refractivity contribution in [2.75, 3.05) is 5.32 Å². The van der Waals surface area contributed by atoms with Crippen molar-refractivity contribution in [1.82, 2.24) is 0 Å². The summed E-state index contributed by atoms with van der Waals surface area (Å²) in [6, 6.07) is 14.7. The number of para-hydroxylation sites is 1. The summed E-state index contributed by atoms with van der Waals surface area (Å²) in [6.07, 6.45) is 5.89. The van der Waals surface area contributed by atoms with E-state index in [4.69, 9.17) is 16.6 Å². The maximum Gasteiger partial charge on any atom is 0.269 e. The number of non-ortho nitro benzene ring substituents is 1. The van der Waals surface area contributed by atoms with E-state index in [1.54, 1.807) is 23.9 Å². The summed E-state index contributed by atoms with van der Waals surface area (Å²) in [7, 11) is 0. The molecule has 27 heavy (non-hydrogen) atoms. The molecular weight excluding hydrogens is 382 g/mol. The van der Waals surface area contributed by atoms with Crippen molar-refractivity contribution in [3.8, 4) is 0 Å². The number of nitrogens with zero attached hydrogens (tertiary/aromatic N) is 2. The molecule has 2 aromatic carbocycles. The van der Waals surface area contributed by atoms with Crippen LogP contribution in [0, 0.1) is 10.1 Å². The minimum Gasteiger partial charge on any atom is -0.376 e. The zero-order valence-electron chi connectivity index (χ0n) is 14.2. The second kappa shape index (κ2) is 7.58. The van der Waals surface area contributed by atoms with E-state index in [-0.39, 0.29) is 22.7 Å². The van der Waals surface area contributed by atoms with Crippen LogP contribution in [-0.4, -0.2) is 22.1 Å². The Morgan fingerprint density at radius 3 is 2.74 bits per heavy atom. The van der Waals surface area contributed by atoms with Crippen LogP contribution in [0.15, 0.2) is 76.8 Å². The Hall–Kier alpha value is -2.57. The molecule has 1 aliphatic carbocycles. The second-order valence-electron chi connectivity index (χ2n) is 6.26. The first-order valence-electron chi connectivity index (χ1n) is 8.45. The van der Waals surface area contributed by atoms with Gasteiger partial charge in [-0.25, -0.2) is 0 Å². The van der Waals surface area contributed by atoms with Gasteiger partial charge < -0.3 is 5.32 Å². The van der Waals surface area contributed by atoms with E-state index >= 15 is 0 Å². The topological polar surface area (TPSA) is 67.5 Å². The molecule has 2 atom stereocenters. The number of anilines is 1. The first-order valence-corrected chi connectivity index (χ1v) is 9.82. The molecule has 7 heteroatoms. The van der Waals surface area contributed by atoms with Crippen LogP contribution in [0.4, 0.5) is 11.4 Å². The number of hydrogen-bond acceptors (Lipinski definition) is 5. The van der Waals surface area contributed by atoms with Crippen molar-refractivity contribution < 1.29 is 4.92 Å². The van der Waals surface area contributed by atoms with Gasteiger partial charge in [0.25, 0.3) is 5.69 Å². The highest BCUT2D eigenvalue weighted by Crippen LogP contribution is 2.32. The molecule has 2 aromatic rings. The van der Waals surface area contributed by atoms with Gasteiger partial charge in [0.1, 0.15) is 5.04 Å². The van der Waals surface area contributed by atoms with E-state index < -0.39 is 0 Å². The van der Waals surface area contributed by atoms with Gasteiger partial charge in [-0.2, -0.15) is 0 Å². The van der Waals surface area contributed by atoms with E-state index in [9.17, 15) is 10.1 Å². The summed E-state index contributed by atoms with van der Waals surface area (Å²) in [5, 5.41) is 16.0. The van der Waals surface area contributed by atoms with Crippen LogP contribution < -0.4 is 5.32 Å². The molecule has 5 nitrogen and oxygen atoms in total. The average Bonchev–Trinajstić information content (AvgIpc) is 2.83.